The summed E-state index contributed by atoms with van der Waals surface area (Å²) in [6, 6.07) is 17.0. The second-order valence-electron chi connectivity index (χ2n) is 5.26. The van der Waals surface area contributed by atoms with E-state index in [2.05, 4.69) is 6.07 Å². The predicted molar refractivity (Wildman–Crippen MR) is 103 cm³/mol. The van der Waals surface area contributed by atoms with E-state index >= 15 is 0 Å². The summed E-state index contributed by atoms with van der Waals surface area (Å²) in [6.07, 6.45) is 8.83. The third-order valence-corrected chi connectivity index (χ3v) is 3.64. The number of rotatable bonds is 6. The monoisotopic (exact) mass is 345 g/mol. The first-order valence-corrected chi connectivity index (χ1v) is 7.95. The number of carbonyl (C=O) groups is 1. The maximum atomic E-state index is 12.0. The molecule has 0 heterocycles. The van der Waals surface area contributed by atoms with Crippen LogP contribution in [0, 0.1) is 11.3 Å². The van der Waals surface area contributed by atoms with Gasteiger partial charge in [0.15, 0.2) is 0 Å². The molecule has 0 spiro atoms. The molecule has 0 radical (unpaired) electrons. The molecule has 0 unspecified atom stereocenters. The van der Waals surface area contributed by atoms with Crippen molar-refractivity contribution in [2.75, 3.05) is 14.2 Å². The van der Waals surface area contributed by atoms with Gasteiger partial charge in [-0.25, -0.2) is 4.79 Å². The maximum absolute atomic E-state index is 12.0. The van der Waals surface area contributed by atoms with E-state index in [0.29, 0.717) is 16.7 Å². The number of benzene rings is 2. The molecule has 0 saturated heterocycles. The number of allylic oxidation sites excluding steroid dienone is 2. The summed E-state index contributed by atoms with van der Waals surface area (Å²) < 4.78 is 9.84. The number of esters is 1. The Bertz CT molecular complexity index is 902. The molecule has 0 fully saturated rings. The lowest BCUT2D eigenvalue weighted by atomic mass is 10.00. The van der Waals surface area contributed by atoms with E-state index in [1.54, 1.807) is 6.07 Å². The first kappa shape index (κ1) is 18.8. The van der Waals surface area contributed by atoms with Crippen LogP contribution in [0.3, 0.4) is 0 Å². The van der Waals surface area contributed by atoms with Crippen LogP contribution in [0.1, 0.15) is 22.3 Å². The van der Waals surface area contributed by atoms with E-state index in [1.165, 1.54) is 20.5 Å². The van der Waals surface area contributed by atoms with Gasteiger partial charge in [-0.2, -0.15) is 5.26 Å². The number of nitrogens with zero attached hydrogens (tertiary/aromatic N) is 1. The summed E-state index contributed by atoms with van der Waals surface area (Å²) in [5.74, 6) is -0.466. The van der Waals surface area contributed by atoms with Crippen molar-refractivity contribution in [2.45, 2.75) is 0 Å². The average Bonchev–Trinajstić information content (AvgIpc) is 2.69. The van der Waals surface area contributed by atoms with Gasteiger partial charge in [-0.3, -0.25) is 0 Å². The molecule has 0 N–H and O–H groups in total. The van der Waals surface area contributed by atoms with Crippen LogP contribution in [0.25, 0.3) is 17.7 Å². The molecule has 0 atom stereocenters. The molecular weight excluding hydrogens is 326 g/mol. The molecular formula is C22H19NO3. The van der Waals surface area contributed by atoms with E-state index in [-0.39, 0.29) is 0 Å². The predicted octanol–water partition coefficient (Wildman–Crippen LogP) is 4.45. The minimum atomic E-state index is -0.466. The Morgan fingerprint density at radius 3 is 2.23 bits per heavy atom. The fourth-order valence-corrected chi connectivity index (χ4v) is 2.40. The third kappa shape index (κ3) is 4.71. The van der Waals surface area contributed by atoms with Crippen molar-refractivity contribution in [1.82, 2.24) is 0 Å². The van der Waals surface area contributed by atoms with Crippen LogP contribution >= 0.6 is 0 Å². The number of hydrogen-bond acceptors (Lipinski definition) is 4. The molecule has 2 rings (SSSR count). The summed E-state index contributed by atoms with van der Waals surface area (Å²) in [5, 5.41) is 9.11. The van der Waals surface area contributed by atoms with Gasteiger partial charge in [-0.15, -0.1) is 0 Å². The average molecular weight is 345 g/mol. The minimum Gasteiger partial charge on any atom is -0.503 e. The van der Waals surface area contributed by atoms with Crippen molar-refractivity contribution < 1.29 is 14.3 Å². The molecule has 0 bridgehead atoms. The summed E-state index contributed by atoms with van der Waals surface area (Å²) in [6.45, 7) is 0. The van der Waals surface area contributed by atoms with Crippen LogP contribution in [0.2, 0.25) is 0 Å². The van der Waals surface area contributed by atoms with Crippen molar-refractivity contribution in [1.29, 1.82) is 5.26 Å². The lowest BCUT2D eigenvalue weighted by Crippen LogP contribution is -2.05. The highest BCUT2D eigenvalue weighted by Crippen LogP contribution is 2.22. The molecule has 0 aromatic heterocycles. The van der Waals surface area contributed by atoms with Crippen LogP contribution in [-0.4, -0.2) is 20.2 Å². The van der Waals surface area contributed by atoms with E-state index in [4.69, 9.17) is 14.7 Å². The molecule has 0 aliphatic heterocycles. The third-order valence-electron chi connectivity index (χ3n) is 3.64. The van der Waals surface area contributed by atoms with Gasteiger partial charge in [0.25, 0.3) is 0 Å². The highest BCUT2D eigenvalue weighted by molar-refractivity contribution is 6.17. The van der Waals surface area contributed by atoms with Crippen LogP contribution in [0.15, 0.2) is 66.9 Å². The zero-order valence-electron chi connectivity index (χ0n) is 14.7. The van der Waals surface area contributed by atoms with Crippen LogP contribution in [0.5, 0.6) is 0 Å². The summed E-state index contributed by atoms with van der Waals surface area (Å²) in [7, 11) is 2.82. The van der Waals surface area contributed by atoms with E-state index in [1.807, 2.05) is 66.8 Å². The molecule has 130 valence electrons. The second-order valence-corrected chi connectivity index (χ2v) is 5.26. The maximum Gasteiger partial charge on any atom is 0.341 e. The van der Waals surface area contributed by atoms with Crippen molar-refractivity contribution in [3.63, 3.8) is 0 Å². The van der Waals surface area contributed by atoms with Gasteiger partial charge in [0.2, 0.25) is 0 Å². The van der Waals surface area contributed by atoms with Gasteiger partial charge >= 0.3 is 5.97 Å². The number of nitriles is 1. The first-order valence-electron chi connectivity index (χ1n) is 7.95. The highest BCUT2D eigenvalue weighted by Gasteiger charge is 2.15. The van der Waals surface area contributed by atoms with E-state index < -0.39 is 5.97 Å². The van der Waals surface area contributed by atoms with E-state index in [9.17, 15) is 4.79 Å². The van der Waals surface area contributed by atoms with Crippen LogP contribution in [0.4, 0.5) is 0 Å². The fraction of sp³-hybridized carbons (Fsp3) is 0.0909. The molecule has 0 aliphatic rings. The SMILES string of the molecule is COC=C(C(=O)OC)c1ccccc1C=CC=Cc1ccccc1C#N. The normalized spacial score (nSPS) is 11.5. The first-order chi connectivity index (χ1) is 12.7. The molecule has 4 nitrogen and oxygen atoms in total. The summed E-state index contributed by atoms with van der Waals surface area (Å²) in [5.41, 5.74) is 3.37. The van der Waals surface area contributed by atoms with E-state index in [0.717, 1.165) is 11.1 Å². The standard InChI is InChI=1S/C22H19NO3/c1-25-16-21(22(24)26-2)20-14-8-7-12-18(20)11-5-3-9-17-10-4-6-13-19(17)15-23/h3-14,16H,1-2H3. The van der Waals surface area contributed by atoms with Gasteiger partial charge < -0.3 is 9.47 Å². The zero-order chi connectivity index (χ0) is 18.8. The Labute approximate surface area is 153 Å². The smallest absolute Gasteiger partial charge is 0.341 e. The van der Waals surface area contributed by atoms with Gasteiger partial charge in [-0.05, 0) is 22.8 Å². The van der Waals surface area contributed by atoms with Crippen LogP contribution in [-0.2, 0) is 14.3 Å². The lowest BCUT2D eigenvalue weighted by molar-refractivity contribution is -0.133. The van der Waals surface area contributed by atoms with Crippen molar-refractivity contribution >= 4 is 23.7 Å². The quantitative estimate of drug-likeness (QED) is 0.336. The lowest BCUT2D eigenvalue weighted by Gasteiger charge is -2.08. The van der Waals surface area contributed by atoms with Gasteiger partial charge in [0.05, 0.1) is 32.1 Å². The molecule has 4 heteroatoms. The van der Waals surface area contributed by atoms with Crippen molar-refractivity contribution in [3.8, 4) is 6.07 Å². The Hall–Kier alpha value is -3.58. The Balaban J connectivity index is 2.29. The second kappa shape index (κ2) is 9.65. The summed E-state index contributed by atoms with van der Waals surface area (Å²) in [4.78, 5) is 12.0. The van der Waals surface area contributed by atoms with Gasteiger partial charge in [-0.1, -0.05) is 66.8 Å². The largest absolute Gasteiger partial charge is 0.503 e. The number of methoxy groups -OCH3 is 2. The number of hydrogen-bond donors (Lipinski definition) is 0. The fourth-order valence-electron chi connectivity index (χ4n) is 2.40. The molecule has 26 heavy (non-hydrogen) atoms. The van der Waals surface area contributed by atoms with Crippen molar-refractivity contribution in [2.24, 2.45) is 0 Å². The molecule has 0 amide bonds. The minimum absolute atomic E-state index is 0.342. The zero-order valence-corrected chi connectivity index (χ0v) is 14.7. The van der Waals surface area contributed by atoms with Crippen molar-refractivity contribution in [3.05, 3.63) is 89.2 Å². The Kier molecular flexibility index (Phi) is 6.96. The van der Waals surface area contributed by atoms with Crippen LogP contribution < -0.4 is 0 Å². The topological polar surface area (TPSA) is 59.3 Å². The molecule has 2 aromatic carbocycles. The number of ether oxygens (including phenoxy) is 2. The Morgan fingerprint density at radius 1 is 0.962 bits per heavy atom. The molecule has 0 saturated carbocycles. The molecule has 2 aromatic rings. The van der Waals surface area contributed by atoms with Gasteiger partial charge in [0.1, 0.15) is 5.57 Å². The molecule has 0 aliphatic carbocycles. The summed E-state index contributed by atoms with van der Waals surface area (Å²) >= 11 is 0. The Morgan fingerprint density at radius 2 is 1.58 bits per heavy atom. The highest BCUT2D eigenvalue weighted by atomic mass is 16.5. The number of carbonyl (C=O) groups excluding carboxylic acids is 1. The van der Waals surface area contributed by atoms with Gasteiger partial charge in [0, 0.05) is 0 Å².